The number of carbonyl (C=O) groups excluding carboxylic acids is 1. The van der Waals surface area contributed by atoms with Crippen molar-refractivity contribution in [2.75, 3.05) is 0 Å². The van der Waals surface area contributed by atoms with Crippen molar-refractivity contribution in [2.24, 2.45) is 0 Å². The highest BCUT2D eigenvalue weighted by Gasteiger charge is 2.06. The molecule has 0 N–H and O–H groups in total. The van der Waals surface area contributed by atoms with Crippen LogP contribution in [0.4, 0.5) is 0 Å². The minimum Gasteiger partial charge on any atom is -0.294 e. The fraction of sp³-hybridized carbons (Fsp3) is 0.300. The lowest BCUT2D eigenvalue weighted by Gasteiger charge is -2.00. The van der Waals surface area contributed by atoms with Crippen LogP contribution in [-0.4, -0.2) is 15.8 Å². The molecule has 3 nitrogen and oxygen atoms in total. The smallest absolute Gasteiger partial charge is 0.169 e. The Morgan fingerprint density at radius 2 is 2.08 bits per heavy atom. The number of hydrogen-bond donors (Lipinski definition) is 0. The molecule has 68 valence electrons. The molecule has 0 fully saturated rings. The second kappa shape index (κ2) is 4.50. The van der Waals surface area contributed by atoms with Gasteiger partial charge in [-0.2, -0.15) is 0 Å². The van der Waals surface area contributed by atoms with Gasteiger partial charge < -0.3 is 0 Å². The van der Waals surface area contributed by atoms with Gasteiger partial charge in [-0.25, -0.2) is 9.97 Å². The maximum absolute atomic E-state index is 11.5. The Hall–Kier alpha value is -1.51. The van der Waals surface area contributed by atoms with E-state index in [4.69, 9.17) is 0 Å². The van der Waals surface area contributed by atoms with Crippen LogP contribution in [0.3, 0.4) is 0 Å². The van der Waals surface area contributed by atoms with Gasteiger partial charge >= 0.3 is 0 Å². The zero-order valence-corrected chi connectivity index (χ0v) is 7.66. The number of ketones is 1. The number of hydrogen-bond acceptors (Lipinski definition) is 3. The third-order valence-electron chi connectivity index (χ3n) is 1.79. The highest BCUT2D eigenvalue weighted by molar-refractivity contribution is 5.96. The average molecular weight is 176 g/mol. The quantitative estimate of drug-likeness (QED) is 0.520. The summed E-state index contributed by atoms with van der Waals surface area (Å²) in [5.74, 6) is 0.0347. The lowest BCUT2D eigenvalue weighted by Crippen LogP contribution is -2.01. The summed E-state index contributed by atoms with van der Waals surface area (Å²) in [4.78, 5) is 19.0. The van der Waals surface area contributed by atoms with Gasteiger partial charge in [0, 0.05) is 18.8 Å². The molecular weight excluding hydrogens is 164 g/mol. The summed E-state index contributed by atoms with van der Waals surface area (Å²) >= 11 is 0. The number of rotatable bonds is 4. The molecule has 0 saturated carbocycles. The summed E-state index contributed by atoms with van der Waals surface area (Å²) < 4.78 is 0. The molecule has 0 aromatic carbocycles. The molecular formula is C10H12N2O. The van der Waals surface area contributed by atoms with Crippen molar-refractivity contribution < 1.29 is 4.79 Å². The molecule has 13 heavy (non-hydrogen) atoms. The van der Waals surface area contributed by atoms with Crippen LogP contribution in [0.25, 0.3) is 0 Å². The number of carbonyl (C=O) groups is 1. The van der Waals surface area contributed by atoms with Crippen LogP contribution in [0.2, 0.25) is 0 Å². The molecule has 0 amide bonds. The number of aromatic nitrogens is 2. The van der Waals surface area contributed by atoms with Crippen molar-refractivity contribution in [2.45, 2.75) is 19.8 Å². The number of Topliss-reactive ketones (excluding diaryl/α,β-unsaturated/α-hetero) is 1. The number of allylic oxidation sites excluding steroid dienone is 1. The van der Waals surface area contributed by atoms with Crippen LogP contribution in [0.5, 0.6) is 0 Å². The van der Waals surface area contributed by atoms with Crippen molar-refractivity contribution >= 4 is 5.78 Å². The van der Waals surface area contributed by atoms with E-state index >= 15 is 0 Å². The molecule has 0 atom stereocenters. The fourth-order valence-corrected chi connectivity index (χ4v) is 0.897. The predicted molar refractivity (Wildman–Crippen MR) is 50.4 cm³/mol. The predicted octanol–water partition coefficient (Wildman–Crippen LogP) is 2.02. The van der Waals surface area contributed by atoms with Gasteiger partial charge in [0.15, 0.2) is 5.78 Å². The van der Waals surface area contributed by atoms with Crippen molar-refractivity contribution in [1.82, 2.24) is 9.97 Å². The van der Waals surface area contributed by atoms with E-state index in [2.05, 4.69) is 16.5 Å². The summed E-state index contributed by atoms with van der Waals surface area (Å²) in [6.45, 7) is 5.76. The third-order valence-corrected chi connectivity index (χ3v) is 1.79. The molecule has 1 rings (SSSR count). The molecule has 3 heteroatoms. The Bertz CT molecular complexity index is 306. The van der Waals surface area contributed by atoms with Crippen LogP contribution in [0, 0.1) is 0 Å². The summed E-state index contributed by atoms with van der Waals surface area (Å²) in [5, 5.41) is 0. The van der Waals surface area contributed by atoms with E-state index in [-0.39, 0.29) is 5.78 Å². The van der Waals surface area contributed by atoms with Crippen LogP contribution in [0.15, 0.2) is 30.9 Å². The van der Waals surface area contributed by atoms with Gasteiger partial charge in [-0.15, -0.1) is 0 Å². The first-order chi connectivity index (χ1) is 6.24. The zero-order valence-electron chi connectivity index (χ0n) is 7.66. The standard InChI is InChI=1S/C10H12N2O/c1-3-8(2)4-10(13)9-5-11-7-12-6-9/h5-7H,2-4H2,1H3. The summed E-state index contributed by atoms with van der Waals surface area (Å²) in [5.41, 5.74) is 1.49. The Balaban J connectivity index is 2.65. The summed E-state index contributed by atoms with van der Waals surface area (Å²) in [7, 11) is 0. The second-order valence-electron chi connectivity index (χ2n) is 2.83. The first kappa shape index (κ1) is 9.58. The normalized spacial score (nSPS) is 9.62. The molecule has 0 aliphatic heterocycles. The average Bonchev–Trinajstić information content (AvgIpc) is 2.19. The second-order valence-corrected chi connectivity index (χ2v) is 2.83. The zero-order chi connectivity index (χ0) is 9.68. The maximum Gasteiger partial charge on any atom is 0.169 e. The highest BCUT2D eigenvalue weighted by atomic mass is 16.1. The summed E-state index contributed by atoms with van der Waals surface area (Å²) in [6.07, 6.45) is 5.69. The first-order valence-electron chi connectivity index (χ1n) is 4.19. The Morgan fingerprint density at radius 1 is 1.46 bits per heavy atom. The fourth-order valence-electron chi connectivity index (χ4n) is 0.897. The van der Waals surface area contributed by atoms with Crippen molar-refractivity contribution in [3.63, 3.8) is 0 Å². The van der Waals surface area contributed by atoms with E-state index in [0.29, 0.717) is 12.0 Å². The molecule has 1 aromatic heterocycles. The van der Waals surface area contributed by atoms with E-state index in [1.165, 1.54) is 18.7 Å². The third kappa shape index (κ3) is 2.78. The Morgan fingerprint density at radius 3 is 2.62 bits per heavy atom. The van der Waals surface area contributed by atoms with Crippen LogP contribution in [0.1, 0.15) is 30.1 Å². The van der Waals surface area contributed by atoms with E-state index in [0.717, 1.165) is 12.0 Å². The van der Waals surface area contributed by atoms with Crippen LogP contribution < -0.4 is 0 Å². The SMILES string of the molecule is C=C(CC)CC(=O)c1cncnc1. The van der Waals surface area contributed by atoms with E-state index < -0.39 is 0 Å². The van der Waals surface area contributed by atoms with Gasteiger partial charge in [-0.1, -0.05) is 19.1 Å². The molecule has 0 saturated heterocycles. The van der Waals surface area contributed by atoms with Gasteiger partial charge in [0.25, 0.3) is 0 Å². The minimum absolute atomic E-state index is 0.0347. The van der Waals surface area contributed by atoms with Crippen LogP contribution in [-0.2, 0) is 0 Å². The molecule has 0 aliphatic rings. The maximum atomic E-state index is 11.5. The van der Waals surface area contributed by atoms with Gasteiger partial charge in [0.05, 0.1) is 5.56 Å². The van der Waals surface area contributed by atoms with Gasteiger partial charge in [-0.3, -0.25) is 4.79 Å². The summed E-state index contributed by atoms with van der Waals surface area (Å²) in [6, 6.07) is 0. The lowest BCUT2D eigenvalue weighted by atomic mass is 10.1. The molecule has 0 unspecified atom stereocenters. The van der Waals surface area contributed by atoms with Crippen molar-refractivity contribution in [3.05, 3.63) is 36.4 Å². The molecule has 0 aliphatic carbocycles. The first-order valence-corrected chi connectivity index (χ1v) is 4.19. The van der Waals surface area contributed by atoms with Crippen molar-refractivity contribution in [1.29, 1.82) is 0 Å². The minimum atomic E-state index is 0.0347. The molecule has 1 heterocycles. The van der Waals surface area contributed by atoms with Gasteiger partial charge in [0.1, 0.15) is 6.33 Å². The van der Waals surface area contributed by atoms with Crippen molar-refractivity contribution in [3.8, 4) is 0 Å². The number of nitrogens with zero attached hydrogens (tertiary/aromatic N) is 2. The Labute approximate surface area is 77.5 Å². The monoisotopic (exact) mass is 176 g/mol. The van der Waals surface area contributed by atoms with E-state index in [1.54, 1.807) is 0 Å². The molecule has 0 spiro atoms. The largest absolute Gasteiger partial charge is 0.294 e. The molecule has 1 aromatic rings. The Kier molecular flexibility index (Phi) is 3.31. The van der Waals surface area contributed by atoms with E-state index in [9.17, 15) is 4.79 Å². The lowest BCUT2D eigenvalue weighted by molar-refractivity contribution is 0.0991. The topological polar surface area (TPSA) is 42.9 Å². The molecule has 0 bridgehead atoms. The highest BCUT2D eigenvalue weighted by Crippen LogP contribution is 2.08. The molecule has 0 radical (unpaired) electrons. The van der Waals surface area contributed by atoms with E-state index in [1.807, 2.05) is 6.92 Å². The van der Waals surface area contributed by atoms with Gasteiger partial charge in [-0.05, 0) is 6.42 Å². The van der Waals surface area contributed by atoms with Crippen LogP contribution >= 0.6 is 0 Å². The van der Waals surface area contributed by atoms with Gasteiger partial charge in [0.2, 0.25) is 0 Å².